The number of ether oxygens (including phenoxy) is 7. The smallest absolute Gasteiger partial charge is 0.338 e. The van der Waals surface area contributed by atoms with E-state index in [9.17, 15) is 40.5 Å². The maximum Gasteiger partial charge on any atom is 0.338 e. The van der Waals surface area contributed by atoms with E-state index in [1.807, 2.05) is 0 Å². The van der Waals surface area contributed by atoms with Gasteiger partial charge in [-0.1, -0.05) is 0 Å². The molecule has 4 rings (SSSR count). The lowest BCUT2D eigenvalue weighted by atomic mass is 9.99. The second kappa shape index (κ2) is 13.1. The van der Waals surface area contributed by atoms with Crippen molar-refractivity contribution < 1.29 is 73.7 Å². The standard InChI is InChI=1S/C26H32O15/c1-35-15-7-11(3-5-13(15)28)24(34)37-10-18-20(31)22(33)25(40-18)41-23-21(32)19(30)17(9-27)39-26(23)38-12-4-6-14(29)16(8-12)36-2/h3-8,17-23,25-33H,9-10H2,1-2H3. The molecular weight excluding hydrogens is 552 g/mol. The Balaban J connectivity index is 1.45. The van der Waals surface area contributed by atoms with E-state index in [1.54, 1.807) is 0 Å². The second-order valence-corrected chi connectivity index (χ2v) is 9.27. The van der Waals surface area contributed by atoms with Gasteiger partial charge in [0, 0.05) is 6.07 Å². The first kappa shape index (κ1) is 30.5. The Morgan fingerprint density at radius 3 is 2.07 bits per heavy atom. The number of hydrogen-bond donors (Lipinski definition) is 7. The first-order valence-corrected chi connectivity index (χ1v) is 12.4. The first-order chi connectivity index (χ1) is 19.6. The number of carbonyl (C=O) groups is 1. The summed E-state index contributed by atoms with van der Waals surface area (Å²) in [6.07, 6.45) is -13.7. The van der Waals surface area contributed by atoms with E-state index in [4.69, 9.17) is 33.2 Å². The number of aliphatic hydroxyl groups excluding tert-OH is 5. The molecule has 0 aliphatic carbocycles. The first-order valence-electron chi connectivity index (χ1n) is 12.4. The van der Waals surface area contributed by atoms with Crippen molar-refractivity contribution in [3.8, 4) is 28.7 Å². The Morgan fingerprint density at radius 2 is 1.41 bits per heavy atom. The van der Waals surface area contributed by atoms with E-state index in [-0.39, 0.29) is 34.3 Å². The topological polar surface area (TPSA) is 223 Å². The van der Waals surface area contributed by atoms with Crippen LogP contribution in [0.2, 0.25) is 0 Å². The van der Waals surface area contributed by atoms with Gasteiger partial charge in [-0.05, 0) is 30.3 Å². The molecule has 2 aliphatic rings. The molecule has 7 N–H and O–H groups in total. The van der Waals surface area contributed by atoms with E-state index in [1.165, 1.54) is 50.6 Å². The van der Waals surface area contributed by atoms with Crippen LogP contribution in [-0.2, 0) is 18.9 Å². The molecule has 0 aromatic heterocycles. The summed E-state index contributed by atoms with van der Waals surface area (Å²) >= 11 is 0. The molecule has 15 nitrogen and oxygen atoms in total. The van der Waals surface area contributed by atoms with Crippen LogP contribution in [0.3, 0.4) is 0 Å². The number of aromatic hydroxyl groups is 2. The summed E-state index contributed by atoms with van der Waals surface area (Å²) in [6.45, 7) is -1.18. The molecule has 2 fully saturated rings. The molecule has 2 aromatic carbocycles. The van der Waals surface area contributed by atoms with Crippen LogP contribution in [0.1, 0.15) is 10.4 Å². The number of phenols is 2. The van der Waals surface area contributed by atoms with Gasteiger partial charge in [0.05, 0.1) is 26.4 Å². The lowest BCUT2D eigenvalue weighted by molar-refractivity contribution is -0.320. The highest BCUT2D eigenvalue weighted by Gasteiger charge is 2.51. The fourth-order valence-electron chi connectivity index (χ4n) is 4.33. The SMILES string of the molecule is COc1cc(OC2OC(CO)C(O)C(O)C2OC2OC(COC(=O)c3ccc(O)c(OC)c3)C(O)C2O)ccc1O. The summed E-state index contributed by atoms with van der Waals surface area (Å²) in [6, 6.07) is 7.75. The Morgan fingerprint density at radius 1 is 0.805 bits per heavy atom. The van der Waals surface area contributed by atoms with Gasteiger partial charge in [0.2, 0.25) is 6.29 Å². The largest absolute Gasteiger partial charge is 0.504 e. The highest BCUT2D eigenvalue weighted by molar-refractivity contribution is 5.90. The quantitative estimate of drug-likeness (QED) is 0.160. The Hall–Kier alpha value is -3.41. The van der Waals surface area contributed by atoms with Crippen LogP contribution in [0.4, 0.5) is 0 Å². The van der Waals surface area contributed by atoms with Crippen molar-refractivity contribution in [2.75, 3.05) is 27.4 Å². The van der Waals surface area contributed by atoms with Gasteiger partial charge in [-0.15, -0.1) is 0 Å². The van der Waals surface area contributed by atoms with Crippen LogP contribution >= 0.6 is 0 Å². The number of carbonyl (C=O) groups excluding carboxylic acids is 1. The van der Waals surface area contributed by atoms with Gasteiger partial charge in [-0.3, -0.25) is 0 Å². The van der Waals surface area contributed by atoms with E-state index < -0.39 is 74.5 Å². The number of methoxy groups -OCH3 is 2. The zero-order chi connectivity index (χ0) is 29.8. The monoisotopic (exact) mass is 584 g/mol. The van der Waals surface area contributed by atoms with Gasteiger partial charge in [-0.2, -0.15) is 0 Å². The Kier molecular flexibility index (Phi) is 9.72. The highest BCUT2D eigenvalue weighted by atomic mass is 16.8. The molecule has 0 amide bonds. The number of phenolic OH excluding ortho intramolecular Hbond substituents is 2. The van der Waals surface area contributed by atoms with Gasteiger partial charge >= 0.3 is 5.97 Å². The average Bonchev–Trinajstić information content (AvgIpc) is 3.24. The highest BCUT2D eigenvalue weighted by Crippen LogP contribution is 2.34. The van der Waals surface area contributed by atoms with Gasteiger partial charge < -0.3 is 68.9 Å². The van der Waals surface area contributed by atoms with Crippen LogP contribution in [0.15, 0.2) is 36.4 Å². The van der Waals surface area contributed by atoms with Gasteiger partial charge in [0.15, 0.2) is 35.4 Å². The van der Waals surface area contributed by atoms with Crippen LogP contribution in [0.25, 0.3) is 0 Å². The molecule has 0 radical (unpaired) electrons. The normalized spacial score (nSPS) is 31.4. The lowest BCUT2D eigenvalue weighted by Crippen LogP contribution is -2.62. The second-order valence-electron chi connectivity index (χ2n) is 9.27. The number of benzene rings is 2. The van der Waals surface area contributed by atoms with Crippen LogP contribution in [0.5, 0.6) is 28.7 Å². The molecule has 2 heterocycles. The third-order valence-corrected chi connectivity index (χ3v) is 6.63. The van der Waals surface area contributed by atoms with Crippen molar-refractivity contribution in [3.63, 3.8) is 0 Å². The maximum absolute atomic E-state index is 12.5. The molecule has 2 aromatic rings. The zero-order valence-electron chi connectivity index (χ0n) is 22.0. The molecule has 9 atom stereocenters. The Bertz CT molecular complexity index is 1190. The van der Waals surface area contributed by atoms with E-state index >= 15 is 0 Å². The third-order valence-electron chi connectivity index (χ3n) is 6.63. The number of esters is 1. The summed E-state index contributed by atoms with van der Waals surface area (Å²) < 4.78 is 37.8. The van der Waals surface area contributed by atoms with E-state index in [0.29, 0.717) is 0 Å². The average molecular weight is 585 g/mol. The number of rotatable bonds is 10. The minimum Gasteiger partial charge on any atom is -0.504 e. The van der Waals surface area contributed by atoms with Crippen molar-refractivity contribution in [1.29, 1.82) is 0 Å². The fraction of sp³-hybridized carbons (Fsp3) is 0.500. The predicted molar refractivity (Wildman–Crippen MR) is 134 cm³/mol. The Labute approximate surface area is 233 Å². The molecule has 15 heteroatoms. The minimum absolute atomic E-state index is 0.0428. The maximum atomic E-state index is 12.5. The minimum atomic E-state index is -1.71. The summed E-state index contributed by atoms with van der Waals surface area (Å²) in [7, 11) is 2.63. The van der Waals surface area contributed by atoms with Crippen LogP contribution in [-0.4, -0.2) is 124 Å². The summed E-state index contributed by atoms with van der Waals surface area (Å²) in [5.41, 5.74) is 0.0428. The summed E-state index contributed by atoms with van der Waals surface area (Å²) in [4.78, 5) is 12.5. The van der Waals surface area contributed by atoms with Crippen LogP contribution < -0.4 is 14.2 Å². The zero-order valence-corrected chi connectivity index (χ0v) is 22.0. The number of aliphatic hydroxyl groups is 5. The molecule has 0 saturated carbocycles. The van der Waals surface area contributed by atoms with E-state index in [0.717, 1.165) is 0 Å². The third kappa shape index (κ3) is 6.58. The van der Waals surface area contributed by atoms with Gasteiger partial charge in [0.1, 0.15) is 49.0 Å². The van der Waals surface area contributed by atoms with Crippen molar-refractivity contribution in [2.24, 2.45) is 0 Å². The predicted octanol–water partition coefficient (Wildman–Crippen LogP) is -1.38. The van der Waals surface area contributed by atoms with Gasteiger partial charge in [0.25, 0.3) is 0 Å². The van der Waals surface area contributed by atoms with Crippen molar-refractivity contribution in [1.82, 2.24) is 0 Å². The molecule has 2 saturated heterocycles. The molecule has 41 heavy (non-hydrogen) atoms. The summed E-state index contributed by atoms with van der Waals surface area (Å²) in [5.74, 6) is -0.976. The molecular formula is C26H32O15. The summed E-state index contributed by atoms with van der Waals surface area (Å²) in [5, 5.41) is 71.4. The molecule has 226 valence electrons. The van der Waals surface area contributed by atoms with E-state index in [2.05, 4.69) is 0 Å². The molecule has 9 unspecified atom stereocenters. The fourth-order valence-corrected chi connectivity index (χ4v) is 4.33. The van der Waals surface area contributed by atoms with Gasteiger partial charge in [-0.25, -0.2) is 4.79 Å². The molecule has 2 aliphatic heterocycles. The van der Waals surface area contributed by atoms with Crippen molar-refractivity contribution >= 4 is 5.97 Å². The lowest BCUT2D eigenvalue weighted by Gasteiger charge is -2.42. The van der Waals surface area contributed by atoms with Crippen LogP contribution in [0, 0.1) is 0 Å². The number of hydrogen-bond acceptors (Lipinski definition) is 15. The van der Waals surface area contributed by atoms with Crippen molar-refractivity contribution in [2.45, 2.75) is 55.3 Å². The van der Waals surface area contributed by atoms with Crippen molar-refractivity contribution in [3.05, 3.63) is 42.0 Å². The molecule has 0 spiro atoms. The molecule has 0 bridgehead atoms.